The second-order valence-corrected chi connectivity index (χ2v) is 4.84. The van der Waals surface area contributed by atoms with Gasteiger partial charge in [-0.3, -0.25) is 4.99 Å². The SMILES string of the molecule is CCC/C(=C/C(C)=N\c1ccc(C)cc1)C(=N)CC. The first-order valence-electron chi connectivity index (χ1n) is 6.97. The molecule has 0 unspecified atom stereocenters. The Bertz CT molecular complexity index is 478. The Morgan fingerprint density at radius 2 is 1.84 bits per heavy atom. The maximum Gasteiger partial charge on any atom is 0.0633 e. The van der Waals surface area contributed by atoms with Gasteiger partial charge in [-0.25, -0.2) is 0 Å². The van der Waals surface area contributed by atoms with E-state index in [-0.39, 0.29) is 0 Å². The van der Waals surface area contributed by atoms with Gasteiger partial charge in [0.15, 0.2) is 0 Å². The van der Waals surface area contributed by atoms with E-state index in [2.05, 4.69) is 37.0 Å². The fraction of sp³-hybridized carbons (Fsp3) is 0.412. The van der Waals surface area contributed by atoms with Crippen molar-refractivity contribution in [1.29, 1.82) is 5.41 Å². The highest BCUT2D eigenvalue weighted by Crippen LogP contribution is 2.15. The zero-order valence-corrected chi connectivity index (χ0v) is 12.5. The topological polar surface area (TPSA) is 36.2 Å². The average Bonchev–Trinajstić information content (AvgIpc) is 2.40. The molecule has 2 heteroatoms. The third-order valence-corrected chi connectivity index (χ3v) is 2.98. The minimum atomic E-state index is 0.723. The van der Waals surface area contributed by atoms with Crippen LogP contribution in [0.2, 0.25) is 0 Å². The molecule has 1 rings (SSSR count). The molecule has 2 nitrogen and oxygen atoms in total. The second kappa shape index (κ2) is 7.67. The normalized spacial score (nSPS) is 12.6. The maximum absolute atomic E-state index is 7.98. The summed E-state index contributed by atoms with van der Waals surface area (Å²) in [7, 11) is 0. The van der Waals surface area contributed by atoms with Crippen molar-refractivity contribution >= 4 is 17.1 Å². The molecule has 0 saturated carbocycles. The average molecular weight is 256 g/mol. The third-order valence-electron chi connectivity index (χ3n) is 2.98. The van der Waals surface area contributed by atoms with Crippen LogP contribution in [-0.2, 0) is 0 Å². The van der Waals surface area contributed by atoms with Gasteiger partial charge in [0.05, 0.1) is 5.69 Å². The Balaban J connectivity index is 2.93. The molecule has 0 aliphatic rings. The minimum absolute atomic E-state index is 0.723. The number of nitrogens with zero attached hydrogens (tertiary/aromatic N) is 1. The summed E-state index contributed by atoms with van der Waals surface area (Å²) in [5.41, 5.74) is 5.01. The highest BCUT2D eigenvalue weighted by molar-refractivity contribution is 6.05. The lowest BCUT2D eigenvalue weighted by Crippen LogP contribution is -2.02. The van der Waals surface area contributed by atoms with E-state index in [0.717, 1.165) is 41.9 Å². The molecule has 0 aliphatic carbocycles. The summed E-state index contributed by atoms with van der Waals surface area (Å²) >= 11 is 0. The van der Waals surface area contributed by atoms with Gasteiger partial charge in [-0.1, -0.05) is 38.0 Å². The van der Waals surface area contributed by atoms with Crippen molar-refractivity contribution in [3.63, 3.8) is 0 Å². The lowest BCUT2D eigenvalue weighted by atomic mass is 10.0. The standard InChI is InChI=1S/C17H24N2/c1-5-7-15(17(18)6-2)12-14(4)19-16-10-8-13(3)9-11-16/h8-12,18H,5-7H2,1-4H3/b15-12-,18-17?,19-14-. The predicted molar refractivity (Wildman–Crippen MR) is 85.0 cm³/mol. The minimum Gasteiger partial charge on any atom is -0.305 e. The Morgan fingerprint density at radius 3 is 2.37 bits per heavy atom. The zero-order chi connectivity index (χ0) is 14.3. The second-order valence-electron chi connectivity index (χ2n) is 4.84. The first-order chi connectivity index (χ1) is 9.06. The van der Waals surface area contributed by atoms with Crippen LogP contribution < -0.4 is 0 Å². The number of rotatable bonds is 6. The van der Waals surface area contributed by atoms with Gasteiger partial charge in [-0.2, -0.15) is 0 Å². The molecule has 0 fully saturated rings. The zero-order valence-electron chi connectivity index (χ0n) is 12.5. The Labute approximate surface area is 116 Å². The fourth-order valence-corrected chi connectivity index (χ4v) is 1.91. The molecular formula is C17H24N2. The number of nitrogens with one attached hydrogen (secondary N) is 1. The fourth-order valence-electron chi connectivity index (χ4n) is 1.91. The van der Waals surface area contributed by atoms with Crippen LogP contribution >= 0.6 is 0 Å². The number of aliphatic imine (C=N–C) groups is 1. The molecule has 0 bridgehead atoms. The molecular weight excluding hydrogens is 232 g/mol. The molecule has 1 N–H and O–H groups in total. The van der Waals surface area contributed by atoms with Crippen LogP contribution in [0.5, 0.6) is 0 Å². The molecule has 0 radical (unpaired) electrons. The molecule has 0 atom stereocenters. The predicted octanol–water partition coefficient (Wildman–Crippen LogP) is 5.24. The Hall–Kier alpha value is -1.70. The van der Waals surface area contributed by atoms with E-state index in [1.54, 1.807) is 0 Å². The van der Waals surface area contributed by atoms with Gasteiger partial charge in [0.1, 0.15) is 0 Å². The van der Waals surface area contributed by atoms with E-state index in [4.69, 9.17) is 5.41 Å². The number of allylic oxidation sites excluding steroid dienone is 2. The molecule has 1 aromatic rings. The van der Waals surface area contributed by atoms with Crippen molar-refractivity contribution in [3.05, 3.63) is 41.5 Å². The third kappa shape index (κ3) is 5.21. The molecule has 102 valence electrons. The summed E-state index contributed by atoms with van der Waals surface area (Å²) in [5.74, 6) is 0. The molecule has 1 aromatic carbocycles. The number of benzene rings is 1. The summed E-state index contributed by atoms with van der Waals surface area (Å²) in [5, 5.41) is 7.98. The van der Waals surface area contributed by atoms with Gasteiger partial charge < -0.3 is 5.41 Å². The van der Waals surface area contributed by atoms with Gasteiger partial charge in [0, 0.05) is 11.4 Å². The van der Waals surface area contributed by atoms with Crippen LogP contribution in [0, 0.1) is 12.3 Å². The van der Waals surface area contributed by atoms with Crippen molar-refractivity contribution in [2.24, 2.45) is 4.99 Å². The van der Waals surface area contributed by atoms with Crippen molar-refractivity contribution in [2.75, 3.05) is 0 Å². The largest absolute Gasteiger partial charge is 0.305 e. The molecule has 0 saturated heterocycles. The van der Waals surface area contributed by atoms with Gasteiger partial charge in [-0.05, 0) is 50.5 Å². The van der Waals surface area contributed by atoms with E-state index in [9.17, 15) is 0 Å². The first kappa shape index (κ1) is 15.4. The van der Waals surface area contributed by atoms with Gasteiger partial charge in [-0.15, -0.1) is 0 Å². The highest BCUT2D eigenvalue weighted by Gasteiger charge is 2.02. The summed E-state index contributed by atoms with van der Waals surface area (Å²) in [6, 6.07) is 8.18. The van der Waals surface area contributed by atoms with Crippen LogP contribution in [0.25, 0.3) is 0 Å². The molecule has 0 spiro atoms. The monoisotopic (exact) mass is 256 g/mol. The van der Waals surface area contributed by atoms with Gasteiger partial charge in [0.2, 0.25) is 0 Å². The molecule has 0 aromatic heterocycles. The number of hydrogen-bond donors (Lipinski definition) is 1. The molecule has 0 aliphatic heterocycles. The Kier molecular flexibility index (Phi) is 6.20. The number of hydrogen-bond acceptors (Lipinski definition) is 2. The van der Waals surface area contributed by atoms with Crippen LogP contribution in [0.3, 0.4) is 0 Å². The summed E-state index contributed by atoms with van der Waals surface area (Å²) < 4.78 is 0. The quantitative estimate of drug-likeness (QED) is 0.675. The maximum atomic E-state index is 7.98. The highest BCUT2D eigenvalue weighted by atomic mass is 14.7. The summed E-state index contributed by atoms with van der Waals surface area (Å²) in [6.07, 6.45) is 4.85. The van der Waals surface area contributed by atoms with Gasteiger partial charge in [0.25, 0.3) is 0 Å². The van der Waals surface area contributed by atoms with Crippen LogP contribution in [0.1, 0.15) is 45.6 Å². The van der Waals surface area contributed by atoms with Crippen molar-refractivity contribution in [2.45, 2.75) is 47.0 Å². The van der Waals surface area contributed by atoms with Gasteiger partial charge >= 0.3 is 0 Å². The van der Waals surface area contributed by atoms with Crippen LogP contribution in [0.15, 0.2) is 40.9 Å². The summed E-state index contributed by atoms with van der Waals surface area (Å²) in [6.45, 7) is 8.24. The smallest absolute Gasteiger partial charge is 0.0633 e. The lowest BCUT2D eigenvalue weighted by Gasteiger charge is -2.06. The van der Waals surface area contributed by atoms with E-state index < -0.39 is 0 Å². The first-order valence-corrected chi connectivity index (χ1v) is 6.97. The Morgan fingerprint density at radius 1 is 1.21 bits per heavy atom. The van der Waals surface area contributed by atoms with E-state index in [0.29, 0.717) is 0 Å². The lowest BCUT2D eigenvalue weighted by molar-refractivity contribution is 0.928. The number of aryl methyl sites for hydroxylation is 1. The van der Waals surface area contributed by atoms with E-state index in [1.165, 1.54) is 5.56 Å². The van der Waals surface area contributed by atoms with Crippen molar-refractivity contribution in [3.8, 4) is 0 Å². The van der Waals surface area contributed by atoms with Crippen LogP contribution in [0.4, 0.5) is 5.69 Å². The van der Waals surface area contributed by atoms with Crippen molar-refractivity contribution < 1.29 is 0 Å². The molecule has 0 heterocycles. The molecule has 19 heavy (non-hydrogen) atoms. The van der Waals surface area contributed by atoms with Crippen molar-refractivity contribution in [1.82, 2.24) is 0 Å². The van der Waals surface area contributed by atoms with Crippen LogP contribution in [-0.4, -0.2) is 11.4 Å². The van der Waals surface area contributed by atoms with E-state index >= 15 is 0 Å². The molecule has 0 amide bonds. The van der Waals surface area contributed by atoms with E-state index in [1.807, 2.05) is 26.0 Å². The summed E-state index contributed by atoms with van der Waals surface area (Å²) in [4.78, 5) is 4.58.